The van der Waals surface area contributed by atoms with Gasteiger partial charge in [0.15, 0.2) is 29.3 Å². The summed E-state index contributed by atoms with van der Waals surface area (Å²) in [5.41, 5.74) is -0.226. The number of nitrogens with zero attached hydrogens (tertiary/aromatic N) is 3. The number of carboxylic acids is 1. The number of anilines is 1. The highest BCUT2D eigenvalue weighted by Gasteiger charge is 2.58. The number of hydrogen-bond acceptors (Lipinski definition) is 10. The lowest BCUT2D eigenvalue weighted by atomic mass is 10.00. The summed E-state index contributed by atoms with van der Waals surface area (Å²) in [4.78, 5) is 68.7. The summed E-state index contributed by atoms with van der Waals surface area (Å²) >= 11 is 2.08. The third-order valence-corrected chi connectivity index (χ3v) is 6.09. The lowest BCUT2D eigenvalue weighted by Crippen LogP contribution is -2.76. The molecule has 3 heterocycles. The quantitative estimate of drug-likeness (QED) is 0.0809. The van der Waals surface area contributed by atoms with Gasteiger partial charge in [-0.05, 0) is 0 Å². The Balaban J connectivity index is 1.77. The molecule has 0 spiro atoms. The Kier molecular flexibility index (Phi) is 6.33. The van der Waals surface area contributed by atoms with Crippen molar-refractivity contribution in [2.45, 2.75) is 17.5 Å². The fourth-order valence-electron chi connectivity index (χ4n) is 2.78. The maximum atomic E-state index is 12.7. The summed E-state index contributed by atoms with van der Waals surface area (Å²) in [5, 5.41) is 18.6. The van der Waals surface area contributed by atoms with Crippen LogP contribution in [0.1, 0.15) is 5.69 Å². The predicted octanol–water partition coefficient (Wildman–Crippen LogP) is -1.51. The van der Waals surface area contributed by atoms with Crippen molar-refractivity contribution >= 4 is 63.9 Å². The van der Waals surface area contributed by atoms with Gasteiger partial charge in [-0.2, -0.15) is 0 Å². The molecule has 2 unspecified atom stereocenters. The second-order valence-electron chi connectivity index (χ2n) is 5.82. The molecule has 14 heteroatoms. The van der Waals surface area contributed by atoms with E-state index in [0.29, 0.717) is 6.41 Å². The molecule has 12 nitrogen and oxygen atoms in total. The van der Waals surface area contributed by atoms with E-state index in [9.17, 15) is 29.1 Å². The van der Waals surface area contributed by atoms with Crippen LogP contribution in [-0.4, -0.2) is 80.5 Å². The number of nitrogens with one attached hydrogen (secondary N) is 2. The topological polar surface area (TPSA) is 167 Å². The van der Waals surface area contributed by atoms with E-state index in [0.717, 1.165) is 28.0 Å². The molecular formula is C16H13N5O7S2. The number of fused-ring (bicyclic) bond motifs is 1. The lowest BCUT2D eigenvalue weighted by molar-refractivity contribution is -0.165. The number of thioether (sulfide) groups is 1. The number of thiazole rings is 1. The van der Waals surface area contributed by atoms with E-state index in [2.05, 4.69) is 26.7 Å². The highest BCUT2D eigenvalue weighted by atomic mass is 32.2. The SMILES string of the molecule is C#CCON=C(C(=O)NC1C(=O)N2C(C(=O)O)C(=O)CS[C@@H]12)c1csc(NC=O)n1. The van der Waals surface area contributed by atoms with Crippen molar-refractivity contribution in [2.24, 2.45) is 5.16 Å². The van der Waals surface area contributed by atoms with Crippen LogP contribution >= 0.6 is 23.1 Å². The molecule has 2 aliphatic rings. The van der Waals surface area contributed by atoms with Gasteiger partial charge in [0, 0.05) is 5.38 Å². The van der Waals surface area contributed by atoms with Crippen LogP contribution in [0.2, 0.25) is 0 Å². The van der Waals surface area contributed by atoms with Crippen LogP contribution in [0.3, 0.4) is 0 Å². The first-order valence-corrected chi connectivity index (χ1v) is 10.1. The van der Waals surface area contributed by atoms with Crippen molar-refractivity contribution < 1.29 is 33.9 Å². The Labute approximate surface area is 177 Å². The summed E-state index contributed by atoms with van der Waals surface area (Å²) in [5.74, 6) is -1.47. The predicted molar refractivity (Wildman–Crippen MR) is 105 cm³/mol. The van der Waals surface area contributed by atoms with Crippen LogP contribution in [-0.2, 0) is 28.8 Å². The summed E-state index contributed by atoms with van der Waals surface area (Å²) in [6.45, 7) is -0.225. The number of amides is 3. The molecule has 1 aromatic rings. The number of rotatable bonds is 8. The maximum Gasteiger partial charge on any atom is 0.334 e. The molecule has 30 heavy (non-hydrogen) atoms. The second kappa shape index (κ2) is 8.93. The number of hydrogen-bond donors (Lipinski definition) is 3. The largest absolute Gasteiger partial charge is 0.479 e. The second-order valence-corrected chi connectivity index (χ2v) is 7.79. The molecular weight excluding hydrogens is 438 g/mol. The summed E-state index contributed by atoms with van der Waals surface area (Å²) < 4.78 is 0. The molecule has 0 saturated carbocycles. The van der Waals surface area contributed by atoms with Crippen LogP contribution < -0.4 is 10.6 Å². The zero-order valence-electron chi connectivity index (χ0n) is 14.9. The molecule has 1 aromatic heterocycles. The molecule has 2 saturated heterocycles. The molecule has 0 radical (unpaired) electrons. The van der Waals surface area contributed by atoms with Crippen LogP contribution in [0.4, 0.5) is 5.13 Å². The number of aliphatic carboxylic acids is 1. The molecule has 3 rings (SSSR count). The first kappa shape index (κ1) is 21.3. The zero-order chi connectivity index (χ0) is 21.8. The Morgan fingerprint density at radius 3 is 2.93 bits per heavy atom. The number of Topliss-reactive ketones (excluding diaryl/α,β-unsaturated/α-hetero) is 1. The van der Waals surface area contributed by atoms with Gasteiger partial charge in [0.25, 0.3) is 5.91 Å². The van der Waals surface area contributed by atoms with Crippen molar-refractivity contribution in [1.82, 2.24) is 15.2 Å². The Morgan fingerprint density at radius 2 is 2.27 bits per heavy atom. The normalized spacial score (nSPS) is 23.0. The molecule has 0 aromatic carbocycles. The van der Waals surface area contributed by atoms with Gasteiger partial charge in [-0.15, -0.1) is 29.5 Å². The summed E-state index contributed by atoms with van der Waals surface area (Å²) in [7, 11) is 0. The molecule has 0 bridgehead atoms. The van der Waals surface area contributed by atoms with Gasteiger partial charge in [0.1, 0.15) is 17.1 Å². The average Bonchev–Trinajstić information content (AvgIpc) is 3.17. The number of carbonyl (C=O) groups is 5. The van der Waals surface area contributed by atoms with Gasteiger partial charge in [0.2, 0.25) is 12.3 Å². The zero-order valence-corrected chi connectivity index (χ0v) is 16.6. The van der Waals surface area contributed by atoms with Gasteiger partial charge in [-0.1, -0.05) is 11.1 Å². The Morgan fingerprint density at radius 1 is 1.50 bits per heavy atom. The minimum atomic E-state index is -1.57. The number of carbonyl (C=O) groups excluding carboxylic acids is 4. The highest BCUT2D eigenvalue weighted by Crippen LogP contribution is 2.36. The first-order chi connectivity index (χ1) is 14.4. The van der Waals surface area contributed by atoms with Gasteiger partial charge in [-0.3, -0.25) is 19.2 Å². The number of ketones is 1. The molecule has 3 amide bonds. The highest BCUT2D eigenvalue weighted by molar-refractivity contribution is 8.00. The van der Waals surface area contributed by atoms with Crippen LogP contribution in [0.15, 0.2) is 10.5 Å². The van der Waals surface area contributed by atoms with Crippen molar-refractivity contribution in [3.63, 3.8) is 0 Å². The van der Waals surface area contributed by atoms with Crippen molar-refractivity contribution in [2.75, 3.05) is 17.7 Å². The van der Waals surface area contributed by atoms with Crippen molar-refractivity contribution in [1.29, 1.82) is 0 Å². The minimum Gasteiger partial charge on any atom is -0.479 e. The molecule has 3 atom stereocenters. The molecule has 2 fully saturated rings. The van der Waals surface area contributed by atoms with E-state index in [4.69, 9.17) is 11.3 Å². The van der Waals surface area contributed by atoms with E-state index in [-0.39, 0.29) is 28.9 Å². The average molecular weight is 451 g/mol. The molecule has 0 aliphatic carbocycles. The third-order valence-electron chi connectivity index (χ3n) is 4.03. The Bertz CT molecular complexity index is 985. The number of terminal acetylenes is 1. The smallest absolute Gasteiger partial charge is 0.334 e. The van der Waals surface area contributed by atoms with E-state index < -0.39 is 41.0 Å². The van der Waals surface area contributed by atoms with Crippen LogP contribution in [0, 0.1) is 12.3 Å². The van der Waals surface area contributed by atoms with E-state index >= 15 is 0 Å². The van der Waals surface area contributed by atoms with E-state index in [1.807, 2.05) is 0 Å². The first-order valence-electron chi connectivity index (χ1n) is 8.18. The van der Waals surface area contributed by atoms with Crippen molar-refractivity contribution in [3.05, 3.63) is 11.1 Å². The summed E-state index contributed by atoms with van der Waals surface area (Å²) in [6, 6.07) is -2.62. The maximum absolute atomic E-state index is 12.7. The van der Waals surface area contributed by atoms with Gasteiger partial charge in [-0.25, -0.2) is 9.78 Å². The van der Waals surface area contributed by atoms with Crippen molar-refractivity contribution in [3.8, 4) is 12.3 Å². The van der Waals surface area contributed by atoms with Gasteiger partial charge < -0.3 is 25.5 Å². The molecule has 2 aliphatic heterocycles. The number of oxime groups is 1. The minimum absolute atomic E-state index is 0.0670. The summed E-state index contributed by atoms with van der Waals surface area (Å²) in [6.07, 6.45) is 5.50. The number of aromatic nitrogens is 1. The molecule has 156 valence electrons. The fraction of sp³-hybridized carbons (Fsp3) is 0.312. The fourth-order valence-corrected chi connectivity index (χ4v) is 4.69. The van der Waals surface area contributed by atoms with Gasteiger partial charge in [0.05, 0.1) is 5.75 Å². The van der Waals surface area contributed by atoms with E-state index in [1.54, 1.807) is 0 Å². The van der Waals surface area contributed by atoms with E-state index in [1.165, 1.54) is 5.38 Å². The third kappa shape index (κ3) is 3.98. The standard InChI is InChI=1S/C16H13N5O7S2/c1-2-3-28-20-9(7-4-30-16(18-7)17-6-22)12(24)19-10-13(25)21-11(15(26)27)8(23)5-29-14(10)21/h1,4,6,10-11,14H,3,5H2,(H,19,24)(H,26,27)(H,17,18,22)/t10?,11?,14-/m0/s1. The van der Waals surface area contributed by atoms with Crippen LogP contribution in [0.25, 0.3) is 0 Å². The van der Waals surface area contributed by atoms with Gasteiger partial charge >= 0.3 is 5.97 Å². The Hall–Kier alpha value is -3.44. The van der Waals surface area contributed by atoms with Crippen LogP contribution in [0.5, 0.6) is 0 Å². The lowest BCUT2D eigenvalue weighted by Gasteiger charge is -2.50. The number of β-lactam (4-membered cyclic amide) rings is 1. The number of carboxylic acid groups (broad SMARTS) is 1. The molecule has 3 N–H and O–H groups in total. The monoisotopic (exact) mass is 451 g/mol.